The van der Waals surface area contributed by atoms with Crippen LogP contribution in [0.2, 0.25) is 0 Å². The Morgan fingerprint density at radius 2 is 2.47 bits per heavy atom. The highest BCUT2D eigenvalue weighted by Gasteiger charge is 2.12. The van der Waals surface area contributed by atoms with Crippen LogP contribution in [-0.2, 0) is 0 Å². The second kappa shape index (κ2) is 5.17. The second-order valence-electron chi connectivity index (χ2n) is 4.30. The zero-order valence-electron chi connectivity index (χ0n) is 9.28. The minimum atomic E-state index is 0.325. The van der Waals surface area contributed by atoms with Crippen molar-refractivity contribution in [3.8, 4) is 0 Å². The van der Waals surface area contributed by atoms with E-state index in [0.29, 0.717) is 6.04 Å². The van der Waals surface area contributed by atoms with Gasteiger partial charge in [-0.05, 0) is 50.8 Å². The molecule has 0 radical (unpaired) electrons. The molecule has 0 aromatic carbocycles. The number of hydrogen-bond donors (Lipinski definition) is 1. The largest absolute Gasteiger partial charge is 0.468 e. The van der Waals surface area contributed by atoms with E-state index in [0.717, 1.165) is 18.2 Å². The zero-order chi connectivity index (χ0) is 10.5. The molecule has 0 saturated carbocycles. The summed E-state index contributed by atoms with van der Waals surface area (Å²) >= 11 is 0. The monoisotopic (exact) mass is 205 g/mol. The van der Waals surface area contributed by atoms with Crippen molar-refractivity contribution in [2.75, 3.05) is 6.54 Å². The van der Waals surface area contributed by atoms with Crippen LogP contribution in [-0.4, -0.2) is 6.54 Å². The van der Waals surface area contributed by atoms with Gasteiger partial charge >= 0.3 is 0 Å². The van der Waals surface area contributed by atoms with Crippen molar-refractivity contribution in [3.05, 3.63) is 36.3 Å². The summed E-state index contributed by atoms with van der Waals surface area (Å²) in [4.78, 5) is 0. The van der Waals surface area contributed by atoms with Crippen LogP contribution in [0.3, 0.4) is 0 Å². The Kier molecular flexibility index (Phi) is 3.62. The van der Waals surface area contributed by atoms with E-state index in [-0.39, 0.29) is 0 Å². The highest BCUT2D eigenvalue weighted by atomic mass is 16.3. The van der Waals surface area contributed by atoms with Crippen LogP contribution in [0.15, 0.2) is 35.0 Å². The Bertz CT molecular complexity index is 302. The quantitative estimate of drug-likeness (QED) is 0.763. The average Bonchev–Trinajstić information content (AvgIpc) is 2.81. The lowest BCUT2D eigenvalue weighted by Crippen LogP contribution is -2.26. The maximum atomic E-state index is 5.36. The Morgan fingerprint density at radius 3 is 3.13 bits per heavy atom. The number of furan rings is 1. The Balaban J connectivity index is 1.75. The molecule has 0 bridgehead atoms. The first kappa shape index (κ1) is 10.5. The normalized spacial score (nSPS) is 22.9. The van der Waals surface area contributed by atoms with Gasteiger partial charge in [-0.1, -0.05) is 12.2 Å². The smallest absolute Gasteiger partial charge is 0.120 e. The fraction of sp³-hybridized carbons (Fsp3) is 0.538. The summed E-state index contributed by atoms with van der Waals surface area (Å²) in [5.41, 5.74) is 0. The van der Waals surface area contributed by atoms with E-state index in [1.54, 1.807) is 6.26 Å². The van der Waals surface area contributed by atoms with Crippen LogP contribution >= 0.6 is 0 Å². The van der Waals surface area contributed by atoms with E-state index in [2.05, 4.69) is 24.4 Å². The van der Waals surface area contributed by atoms with Gasteiger partial charge in [0.25, 0.3) is 0 Å². The van der Waals surface area contributed by atoms with Crippen molar-refractivity contribution < 1.29 is 4.42 Å². The fourth-order valence-electron chi connectivity index (χ4n) is 2.02. The lowest BCUT2D eigenvalue weighted by atomic mass is 9.94. The second-order valence-corrected chi connectivity index (χ2v) is 4.30. The van der Waals surface area contributed by atoms with Crippen LogP contribution in [0.4, 0.5) is 0 Å². The molecule has 1 aliphatic rings. The third-order valence-electron chi connectivity index (χ3n) is 3.06. The molecule has 1 heterocycles. The minimum Gasteiger partial charge on any atom is -0.468 e. The van der Waals surface area contributed by atoms with Gasteiger partial charge in [-0.2, -0.15) is 0 Å². The van der Waals surface area contributed by atoms with Crippen molar-refractivity contribution >= 4 is 0 Å². The van der Waals surface area contributed by atoms with Gasteiger partial charge in [-0.15, -0.1) is 0 Å². The molecular weight excluding hydrogens is 186 g/mol. The third-order valence-corrected chi connectivity index (χ3v) is 3.06. The van der Waals surface area contributed by atoms with Gasteiger partial charge in [0.2, 0.25) is 0 Å². The molecule has 0 fully saturated rings. The summed E-state index contributed by atoms with van der Waals surface area (Å²) in [5, 5.41) is 3.53. The van der Waals surface area contributed by atoms with E-state index in [1.165, 1.54) is 19.3 Å². The van der Waals surface area contributed by atoms with Gasteiger partial charge in [-0.3, -0.25) is 0 Å². The summed E-state index contributed by atoms with van der Waals surface area (Å²) in [6, 6.07) is 4.29. The van der Waals surface area contributed by atoms with E-state index < -0.39 is 0 Å². The lowest BCUT2D eigenvalue weighted by Gasteiger charge is -2.20. The van der Waals surface area contributed by atoms with E-state index in [9.17, 15) is 0 Å². The number of hydrogen-bond acceptors (Lipinski definition) is 2. The average molecular weight is 205 g/mol. The van der Waals surface area contributed by atoms with Gasteiger partial charge in [-0.25, -0.2) is 0 Å². The summed E-state index contributed by atoms with van der Waals surface area (Å²) < 4.78 is 5.36. The molecule has 1 N–H and O–H groups in total. The Hall–Kier alpha value is -1.02. The maximum absolute atomic E-state index is 5.36. The predicted molar refractivity (Wildman–Crippen MR) is 61.6 cm³/mol. The van der Waals surface area contributed by atoms with Crippen molar-refractivity contribution in [3.63, 3.8) is 0 Å². The lowest BCUT2D eigenvalue weighted by molar-refractivity contribution is 0.379. The van der Waals surface area contributed by atoms with Crippen molar-refractivity contribution in [2.24, 2.45) is 5.92 Å². The molecule has 0 saturated heterocycles. The summed E-state index contributed by atoms with van der Waals surface area (Å²) in [5.74, 6) is 1.83. The van der Waals surface area contributed by atoms with Gasteiger partial charge in [0.1, 0.15) is 5.76 Å². The molecule has 1 unspecified atom stereocenters. The SMILES string of the molecule is C[C@H](NCC1CC=CCC1)c1ccco1. The van der Waals surface area contributed by atoms with Crippen LogP contribution < -0.4 is 5.32 Å². The molecule has 1 aromatic rings. The van der Waals surface area contributed by atoms with Gasteiger partial charge in [0.15, 0.2) is 0 Å². The van der Waals surface area contributed by atoms with E-state index in [1.807, 2.05) is 12.1 Å². The Morgan fingerprint density at radius 1 is 1.53 bits per heavy atom. The van der Waals surface area contributed by atoms with Crippen LogP contribution in [0.25, 0.3) is 0 Å². The summed E-state index contributed by atoms with van der Waals surface area (Å²) in [6.45, 7) is 3.24. The summed E-state index contributed by atoms with van der Waals surface area (Å²) in [6.07, 6.45) is 10.1. The maximum Gasteiger partial charge on any atom is 0.120 e. The van der Waals surface area contributed by atoms with Crippen LogP contribution in [0.1, 0.15) is 38.0 Å². The molecule has 0 aliphatic heterocycles. The first-order valence-corrected chi connectivity index (χ1v) is 5.78. The van der Waals surface area contributed by atoms with Gasteiger partial charge in [0, 0.05) is 0 Å². The number of rotatable bonds is 4. The number of nitrogens with one attached hydrogen (secondary N) is 1. The first-order valence-electron chi connectivity index (χ1n) is 5.78. The standard InChI is InChI=1S/C13H19NO/c1-11(13-8-5-9-15-13)14-10-12-6-3-2-4-7-12/h2-3,5,8-9,11-12,14H,4,6-7,10H2,1H3/t11-,12?/m0/s1. The van der Waals surface area contributed by atoms with Crippen molar-refractivity contribution in [1.82, 2.24) is 5.32 Å². The molecule has 1 aromatic heterocycles. The Labute approximate surface area is 91.4 Å². The molecule has 1 aliphatic carbocycles. The molecule has 15 heavy (non-hydrogen) atoms. The third kappa shape index (κ3) is 2.96. The zero-order valence-corrected chi connectivity index (χ0v) is 9.28. The topological polar surface area (TPSA) is 25.2 Å². The van der Waals surface area contributed by atoms with Crippen molar-refractivity contribution in [2.45, 2.75) is 32.2 Å². The molecular formula is C13H19NO. The summed E-state index contributed by atoms with van der Waals surface area (Å²) in [7, 11) is 0. The van der Waals surface area contributed by atoms with Crippen LogP contribution in [0, 0.1) is 5.92 Å². The highest BCUT2D eigenvalue weighted by molar-refractivity contribution is 5.03. The van der Waals surface area contributed by atoms with E-state index >= 15 is 0 Å². The van der Waals surface area contributed by atoms with Gasteiger partial charge < -0.3 is 9.73 Å². The molecule has 2 nitrogen and oxygen atoms in total. The minimum absolute atomic E-state index is 0.325. The molecule has 2 heteroatoms. The van der Waals surface area contributed by atoms with Crippen LogP contribution in [0.5, 0.6) is 0 Å². The molecule has 2 rings (SSSR count). The molecule has 0 amide bonds. The number of allylic oxidation sites excluding steroid dienone is 2. The fourth-order valence-corrected chi connectivity index (χ4v) is 2.02. The molecule has 0 spiro atoms. The highest BCUT2D eigenvalue weighted by Crippen LogP contribution is 2.19. The predicted octanol–water partition coefficient (Wildman–Crippen LogP) is 3.29. The molecule has 82 valence electrons. The molecule has 2 atom stereocenters. The first-order chi connectivity index (χ1) is 7.36. The van der Waals surface area contributed by atoms with Crippen molar-refractivity contribution in [1.29, 1.82) is 0 Å². The van der Waals surface area contributed by atoms with E-state index in [4.69, 9.17) is 4.42 Å². The van der Waals surface area contributed by atoms with Gasteiger partial charge in [0.05, 0.1) is 12.3 Å².